The number of sulfonamides is 1. The highest BCUT2D eigenvalue weighted by molar-refractivity contribution is 7.89. The molecule has 0 unspecified atom stereocenters. The fraction of sp³-hybridized carbons (Fsp3) is 0.417. The lowest BCUT2D eigenvalue weighted by Crippen LogP contribution is -2.54. The van der Waals surface area contributed by atoms with Crippen molar-refractivity contribution in [3.63, 3.8) is 0 Å². The number of carbonyl (C=O) groups excluding carboxylic acids is 2. The van der Waals surface area contributed by atoms with Crippen molar-refractivity contribution in [2.24, 2.45) is 5.73 Å². The summed E-state index contributed by atoms with van der Waals surface area (Å²) in [5.41, 5.74) is 8.53. The molecule has 1 saturated heterocycles. The first kappa shape index (κ1) is 22.7. The van der Waals surface area contributed by atoms with Crippen LogP contribution in [0.2, 0.25) is 0 Å². The third-order valence-corrected chi connectivity index (χ3v) is 8.70. The van der Waals surface area contributed by atoms with Crippen LogP contribution in [0.1, 0.15) is 17.5 Å². The molecule has 0 radical (unpaired) electrons. The fourth-order valence-corrected chi connectivity index (χ4v) is 6.38. The molecule has 0 bridgehead atoms. The van der Waals surface area contributed by atoms with Crippen LogP contribution in [-0.4, -0.2) is 74.8 Å². The van der Waals surface area contributed by atoms with Crippen molar-refractivity contribution in [1.29, 1.82) is 0 Å². The molecule has 2 aromatic carbocycles. The van der Waals surface area contributed by atoms with Crippen molar-refractivity contribution in [1.82, 2.24) is 9.21 Å². The number of carbonyl (C=O) groups is 2. The maximum Gasteiger partial charge on any atom is 0.260 e. The van der Waals surface area contributed by atoms with Gasteiger partial charge in [-0.3, -0.25) is 9.59 Å². The number of rotatable bonds is 5. The van der Waals surface area contributed by atoms with Crippen molar-refractivity contribution in [3.05, 3.63) is 53.6 Å². The number of fused-ring (bicyclic) bond motifs is 2. The summed E-state index contributed by atoms with van der Waals surface area (Å²) in [5, 5.41) is 0. The van der Waals surface area contributed by atoms with E-state index in [4.69, 9.17) is 10.5 Å². The Labute approximate surface area is 199 Å². The van der Waals surface area contributed by atoms with Crippen molar-refractivity contribution in [2.75, 3.05) is 44.2 Å². The molecule has 2 amide bonds. The van der Waals surface area contributed by atoms with Crippen LogP contribution < -0.4 is 15.4 Å². The number of nitrogens with zero attached hydrogens (tertiary/aromatic N) is 3. The van der Waals surface area contributed by atoms with Gasteiger partial charge in [-0.15, -0.1) is 0 Å². The quantitative estimate of drug-likeness (QED) is 0.671. The van der Waals surface area contributed by atoms with Crippen molar-refractivity contribution < 1.29 is 22.7 Å². The zero-order valence-electron chi connectivity index (χ0n) is 18.9. The van der Waals surface area contributed by atoms with E-state index in [0.717, 1.165) is 30.5 Å². The van der Waals surface area contributed by atoms with E-state index in [1.54, 1.807) is 34.1 Å². The number of hydrogen-bond donors (Lipinski definition) is 1. The fourth-order valence-electron chi connectivity index (χ4n) is 4.90. The van der Waals surface area contributed by atoms with Crippen molar-refractivity contribution in [3.8, 4) is 5.75 Å². The number of anilines is 1. The molecule has 2 heterocycles. The van der Waals surface area contributed by atoms with Crippen LogP contribution in [0.4, 0.5) is 5.69 Å². The largest absolute Gasteiger partial charge is 0.477 e. The Morgan fingerprint density at radius 3 is 2.50 bits per heavy atom. The maximum atomic E-state index is 13.2. The molecule has 34 heavy (non-hydrogen) atoms. The molecule has 9 nitrogen and oxygen atoms in total. The average molecular weight is 485 g/mol. The molecule has 0 saturated carbocycles. The Hall–Kier alpha value is -3.11. The molecule has 1 fully saturated rings. The van der Waals surface area contributed by atoms with E-state index in [2.05, 4.69) is 0 Å². The minimum absolute atomic E-state index is 0.0573. The first-order valence-electron chi connectivity index (χ1n) is 11.5. The maximum absolute atomic E-state index is 13.2. The zero-order valence-corrected chi connectivity index (χ0v) is 19.7. The SMILES string of the molecule is NC(=O)[C@H]1CN(CC(=O)N2CCN(S(=O)(=O)c3ccc4c(c3)CCC4)CC2)c2ccccc2O1. The summed E-state index contributed by atoms with van der Waals surface area (Å²) < 4.78 is 33.5. The van der Waals surface area contributed by atoms with Gasteiger partial charge in [0, 0.05) is 26.2 Å². The van der Waals surface area contributed by atoms with E-state index in [0.29, 0.717) is 23.7 Å². The molecule has 10 heteroatoms. The number of nitrogens with two attached hydrogens (primary N) is 1. The van der Waals surface area contributed by atoms with Crippen LogP contribution in [0.25, 0.3) is 0 Å². The normalized spacial score (nSPS) is 20.4. The minimum atomic E-state index is -3.60. The second-order valence-electron chi connectivity index (χ2n) is 8.93. The predicted molar refractivity (Wildman–Crippen MR) is 126 cm³/mol. The van der Waals surface area contributed by atoms with E-state index >= 15 is 0 Å². The Bertz CT molecular complexity index is 1220. The van der Waals surface area contributed by atoms with Gasteiger partial charge >= 0.3 is 0 Å². The van der Waals surface area contributed by atoms with Gasteiger partial charge in [-0.25, -0.2) is 8.42 Å². The lowest BCUT2D eigenvalue weighted by Gasteiger charge is -2.38. The van der Waals surface area contributed by atoms with Gasteiger partial charge in [0.2, 0.25) is 15.9 Å². The number of ether oxygens (including phenoxy) is 1. The summed E-state index contributed by atoms with van der Waals surface area (Å²) in [6, 6.07) is 12.6. The third-order valence-electron chi connectivity index (χ3n) is 6.80. The standard InChI is InChI=1S/C24H28N4O5S/c25-24(30)22-15-27(20-6-1-2-7-21(20)33-22)16-23(29)26-10-12-28(13-11-26)34(31,32)19-9-8-17-4-3-5-18(17)14-19/h1-2,6-9,14,22H,3-5,10-13,15-16H2,(H2,25,30)/t22-/m1/s1. The number of hydrogen-bond acceptors (Lipinski definition) is 6. The number of benzene rings is 2. The molecule has 2 N–H and O–H groups in total. The molecular formula is C24H28N4O5S. The molecule has 0 spiro atoms. The number of aryl methyl sites for hydroxylation is 2. The molecule has 5 rings (SSSR count). The third kappa shape index (κ3) is 4.23. The van der Waals surface area contributed by atoms with Gasteiger partial charge in [0.15, 0.2) is 6.10 Å². The van der Waals surface area contributed by atoms with Crippen molar-refractivity contribution in [2.45, 2.75) is 30.3 Å². The smallest absolute Gasteiger partial charge is 0.260 e. The number of primary amides is 1. The topological polar surface area (TPSA) is 113 Å². The van der Waals surface area contributed by atoms with Gasteiger partial charge in [-0.1, -0.05) is 18.2 Å². The van der Waals surface area contributed by atoms with Crippen LogP contribution in [0.3, 0.4) is 0 Å². The van der Waals surface area contributed by atoms with Crippen LogP contribution >= 0.6 is 0 Å². The second kappa shape index (κ2) is 8.92. The van der Waals surface area contributed by atoms with Gasteiger partial charge in [0.1, 0.15) is 5.75 Å². The Kier molecular flexibility index (Phi) is 5.95. The first-order valence-corrected chi connectivity index (χ1v) is 13.0. The van der Waals surface area contributed by atoms with Gasteiger partial charge in [0.05, 0.1) is 23.7 Å². The number of amides is 2. The lowest BCUT2D eigenvalue weighted by atomic mass is 10.1. The number of para-hydroxylation sites is 2. The molecule has 2 aliphatic heterocycles. The average Bonchev–Trinajstić information content (AvgIpc) is 3.32. The Balaban J connectivity index is 1.24. The highest BCUT2D eigenvalue weighted by atomic mass is 32.2. The highest BCUT2D eigenvalue weighted by Crippen LogP contribution is 2.33. The molecule has 3 aliphatic rings. The van der Waals surface area contributed by atoms with Gasteiger partial charge < -0.3 is 20.3 Å². The van der Waals surface area contributed by atoms with E-state index in [1.807, 2.05) is 18.2 Å². The Morgan fingerprint density at radius 1 is 1.00 bits per heavy atom. The van der Waals surface area contributed by atoms with E-state index < -0.39 is 22.0 Å². The van der Waals surface area contributed by atoms with E-state index in [-0.39, 0.29) is 32.1 Å². The number of piperazine rings is 1. The summed E-state index contributed by atoms with van der Waals surface area (Å²) in [4.78, 5) is 28.6. The monoisotopic (exact) mass is 484 g/mol. The van der Waals surface area contributed by atoms with Crippen LogP contribution in [0.15, 0.2) is 47.4 Å². The van der Waals surface area contributed by atoms with Gasteiger partial charge in [-0.05, 0) is 54.7 Å². The van der Waals surface area contributed by atoms with Crippen LogP contribution in [0.5, 0.6) is 5.75 Å². The molecule has 2 aromatic rings. The van der Waals surface area contributed by atoms with Gasteiger partial charge in [-0.2, -0.15) is 4.31 Å². The summed E-state index contributed by atoms with van der Waals surface area (Å²) in [5.74, 6) is -0.206. The van der Waals surface area contributed by atoms with Crippen LogP contribution in [0, 0.1) is 0 Å². The summed E-state index contributed by atoms with van der Waals surface area (Å²) in [7, 11) is -3.60. The van der Waals surface area contributed by atoms with Crippen LogP contribution in [-0.2, 0) is 32.5 Å². The molecule has 1 aliphatic carbocycles. The summed E-state index contributed by atoms with van der Waals surface area (Å²) in [6.45, 7) is 1.36. The molecule has 180 valence electrons. The Morgan fingerprint density at radius 2 is 1.74 bits per heavy atom. The predicted octanol–water partition coefficient (Wildman–Crippen LogP) is 0.761. The van der Waals surface area contributed by atoms with Crippen molar-refractivity contribution >= 4 is 27.5 Å². The van der Waals surface area contributed by atoms with E-state index in [9.17, 15) is 18.0 Å². The van der Waals surface area contributed by atoms with E-state index in [1.165, 1.54) is 9.87 Å². The molecular weight excluding hydrogens is 456 g/mol. The summed E-state index contributed by atoms with van der Waals surface area (Å²) >= 11 is 0. The first-order chi connectivity index (χ1) is 16.3. The zero-order chi connectivity index (χ0) is 23.9. The minimum Gasteiger partial charge on any atom is -0.477 e. The summed E-state index contributed by atoms with van der Waals surface area (Å²) in [6.07, 6.45) is 2.15. The molecule has 1 atom stereocenters. The lowest BCUT2D eigenvalue weighted by molar-refractivity contribution is -0.131. The molecule has 0 aromatic heterocycles. The van der Waals surface area contributed by atoms with Gasteiger partial charge in [0.25, 0.3) is 5.91 Å². The second-order valence-corrected chi connectivity index (χ2v) is 10.9. The highest BCUT2D eigenvalue weighted by Gasteiger charge is 2.34.